The molecule has 1 unspecified atom stereocenters. The average molecular weight is 160 g/mol. The summed E-state index contributed by atoms with van der Waals surface area (Å²) >= 11 is 0. The van der Waals surface area contributed by atoms with Gasteiger partial charge in [-0.3, -0.25) is 0 Å². The average Bonchev–Trinajstić information content (AvgIpc) is 1.98. The topological polar surface area (TPSA) is 9.23 Å². The molecule has 0 aliphatic heterocycles. The Morgan fingerprint density at radius 1 is 1.40 bits per heavy atom. The summed E-state index contributed by atoms with van der Waals surface area (Å²) in [6, 6.07) is 1.36. The summed E-state index contributed by atoms with van der Waals surface area (Å²) < 4.78 is 5.63. The summed E-state index contributed by atoms with van der Waals surface area (Å²) in [5.74, 6) is 0. The summed E-state index contributed by atoms with van der Waals surface area (Å²) in [6.45, 7) is 6.58. The van der Waals surface area contributed by atoms with Crippen LogP contribution >= 0.6 is 0 Å². The van der Waals surface area contributed by atoms with Crippen molar-refractivity contribution < 1.29 is 4.43 Å². The molecule has 0 rings (SSSR count). The molecule has 0 aromatic heterocycles. The van der Waals surface area contributed by atoms with Crippen LogP contribution in [0, 0.1) is 0 Å². The van der Waals surface area contributed by atoms with E-state index in [4.69, 9.17) is 4.43 Å². The summed E-state index contributed by atoms with van der Waals surface area (Å²) in [6.07, 6.45) is 4.36. The minimum Gasteiger partial charge on any atom is -0.421 e. The first-order chi connectivity index (χ1) is 4.81. The van der Waals surface area contributed by atoms with E-state index in [2.05, 4.69) is 20.8 Å². The van der Waals surface area contributed by atoms with Gasteiger partial charge in [0, 0.05) is 6.10 Å². The van der Waals surface area contributed by atoms with E-state index >= 15 is 0 Å². The molecule has 0 heterocycles. The molecule has 0 spiro atoms. The van der Waals surface area contributed by atoms with Crippen molar-refractivity contribution in [1.29, 1.82) is 0 Å². The van der Waals surface area contributed by atoms with E-state index in [0.29, 0.717) is 6.10 Å². The van der Waals surface area contributed by atoms with Crippen molar-refractivity contribution in [1.82, 2.24) is 0 Å². The molecule has 0 fully saturated rings. The second-order valence-corrected chi connectivity index (χ2v) is 4.25. The Morgan fingerprint density at radius 3 is 2.60 bits per heavy atom. The Labute approximate surface area is 67.1 Å². The highest BCUT2D eigenvalue weighted by Crippen LogP contribution is 1.98. The van der Waals surface area contributed by atoms with Crippen LogP contribution in [0.15, 0.2) is 0 Å². The standard InChI is InChI=1S/C8H20OSi/c1-4-6-7-10-9-8(3)5-2/h8H,4-7,10H2,1-3H3. The van der Waals surface area contributed by atoms with E-state index in [9.17, 15) is 0 Å². The SMILES string of the molecule is CCCC[SiH2]OC(C)CC. The third-order valence-corrected chi connectivity index (χ3v) is 3.32. The molecule has 0 aliphatic rings. The minimum absolute atomic E-state index is 0.158. The van der Waals surface area contributed by atoms with Gasteiger partial charge in [0.2, 0.25) is 0 Å². The molecule has 2 heteroatoms. The van der Waals surface area contributed by atoms with Gasteiger partial charge >= 0.3 is 0 Å². The van der Waals surface area contributed by atoms with Crippen LogP contribution in [0.4, 0.5) is 0 Å². The maximum atomic E-state index is 5.63. The quantitative estimate of drug-likeness (QED) is 0.427. The molecule has 1 atom stereocenters. The van der Waals surface area contributed by atoms with Crippen molar-refractivity contribution in [3.63, 3.8) is 0 Å². The highest BCUT2D eigenvalue weighted by atomic mass is 28.2. The lowest BCUT2D eigenvalue weighted by molar-refractivity contribution is 0.228. The van der Waals surface area contributed by atoms with Crippen LogP contribution in [-0.4, -0.2) is 15.9 Å². The number of rotatable bonds is 6. The van der Waals surface area contributed by atoms with Crippen LogP contribution in [0.5, 0.6) is 0 Å². The molecule has 62 valence electrons. The van der Waals surface area contributed by atoms with Gasteiger partial charge in [0.05, 0.1) is 0 Å². The monoisotopic (exact) mass is 160 g/mol. The zero-order valence-corrected chi connectivity index (χ0v) is 8.94. The predicted octanol–water partition coefficient (Wildman–Crippen LogP) is 2.10. The van der Waals surface area contributed by atoms with Gasteiger partial charge in [-0.2, -0.15) is 0 Å². The summed E-state index contributed by atoms with van der Waals surface area (Å²) in [5.41, 5.74) is 0. The van der Waals surface area contributed by atoms with E-state index in [1.54, 1.807) is 0 Å². The van der Waals surface area contributed by atoms with Gasteiger partial charge < -0.3 is 4.43 Å². The molecule has 0 aliphatic carbocycles. The first-order valence-electron chi connectivity index (χ1n) is 4.42. The molecule has 0 bridgehead atoms. The zero-order chi connectivity index (χ0) is 7.82. The van der Waals surface area contributed by atoms with Crippen LogP contribution in [-0.2, 0) is 4.43 Å². The fraction of sp³-hybridized carbons (Fsp3) is 1.00. The second kappa shape index (κ2) is 7.29. The third kappa shape index (κ3) is 6.30. The highest BCUT2D eigenvalue weighted by molar-refractivity contribution is 6.27. The van der Waals surface area contributed by atoms with Gasteiger partial charge in [0.1, 0.15) is 0 Å². The summed E-state index contributed by atoms with van der Waals surface area (Å²) in [4.78, 5) is 0. The van der Waals surface area contributed by atoms with Gasteiger partial charge in [-0.15, -0.1) is 0 Å². The Kier molecular flexibility index (Phi) is 7.41. The first kappa shape index (κ1) is 10.2. The molecular formula is C8H20OSi. The molecule has 0 saturated heterocycles. The van der Waals surface area contributed by atoms with Gasteiger partial charge in [-0.1, -0.05) is 26.7 Å². The lowest BCUT2D eigenvalue weighted by Gasteiger charge is -2.09. The molecule has 1 nitrogen and oxygen atoms in total. The largest absolute Gasteiger partial charge is 0.421 e. The molecule has 0 amide bonds. The Hall–Kier alpha value is 0.177. The Morgan fingerprint density at radius 2 is 2.10 bits per heavy atom. The van der Waals surface area contributed by atoms with Crippen LogP contribution in [0.2, 0.25) is 6.04 Å². The van der Waals surface area contributed by atoms with E-state index in [1.165, 1.54) is 25.3 Å². The molecule has 0 N–H and O–H groups in total. The minimum atomic E-state index is -0.158. The first-order valence-corrected chi connectivity index (χ1v) is 6.00. The maximum Gasteiger partial charge on any atom is 0.161 e. The summed E-state index contributed by atoms with van der Waals surface area (Å²) in [7, 11) is -0.158. The fourth-order valence-electron chi connectivity index (χ4n) is 0.754. The van der Waals surface area contributed by atoms with Crippen molar-refractivity contribution in [3.05, 3.63) is 0 Å². The lowest BCUT2D eigenvalue weighted by Crippen LogP contribution is -2.09. The number of unbranched alkanes of at least 4 members (excludes halogenated alkanes) is 1. The molecule has 0 saturated carbocycles. The van der Waals surface area contributed by atoms with Crippen molar-refractivity contribution in [3.8, 4) is 0 Å². The van der Waals surface area contributed by atoms with Crippen molar-refractivity contribution in [2.75, 3.05) is 0 Å². The van der Waals surface area contributed by atoms with Crippen LogP contribution < -0.4 is 0 Å². The predicted molar refractivity (Wildman–Crippen MR) is 49.1 cm³/mol. The highest BCUT2D eigenvalue weighted by Gasteiger charge is 1.96. The smallest absolute Gasteiger partial charge is 0.161 e. The van der Waals surface area contributed by atoms with Gasteiger partial charge in [0.25, 0.3) is 0 Å². The van der Waals surface area contributed by atoms with Crippen LogP contribution in [0.1, 0.15) is 40.0 Å². The van der Waals surface area contributed by atoms with Crippen molar-refractivity contribution >= 4 is 9.76 Å². The molecule has 0 aromatic rings. The van der Waals surface area contributed by atoms with Crippen molar-refractivity contribution in [2.45, 2.75) is 52.2 Å². The van der Waals surface area contributed by atoms with E-state index in [0.717, 1.165) is 0 Å². The second-order valence-electron chi connectivity index (χ2n) is 2.80. The van der Waals surface area contributed by atoms with Gasteiger partial charge in [0.15, 0.2) is 9.76 Å². The number of hydrogen-bond donors (Lipinski definition) is 0. The normalized spacial score (nSPS) is 14.7. The molecule has 0 aromatic carbocycles. The Bertz CT molecular complexity index is 66.3. The third-order valence-electron chi connectivity index (χ3n) is 1.73. The van der Waals surface area contributed by atoms with E-state index < -0.39 is 0 Å². The van der Waals surface area contributed by atoms with Crippen LogP contribution in [0.25, 0.3) is 0 Å². The van der Waals surface area contributed by atoms with Gasteiger partial charge in [-0.05, 0) is 19.4 Å². The van der Waals surface area contributed by atoms with E-state index in [1.807, 2.05) is 0 Å². The van der Waals surface area contributed by atoms with Crippen molar-refractivity contribution in [2.24, 2.45) is 0 Å². The molecule has 10 heavy (non-hydrogen) atoms. The van der Waals surface area contributed by atoms with Crippen LogP contribution in [0.3, 0.4) is 0 Å². The molecular weight excluding hydrogens is 140 g/mol. The van der Waals surface area contributed by atoms with Gasteiger partial charge in [-0.25, -0.2) is 0 Å². The summed E-state index contributed by atoms with van der Waals surface area (Å²) in [5, 5.41) is 0. The zero-order valence-electron chi connectivity index (χ0n) is 7.52. The molecule has 0 radical (unpaired) electrons. The maximum absolute atomic E-state index is 5.63. The Balaban J connectivity index is 2.89. The van der Waals surface area contributed by atoms with E-state index in [-0.39, 0.29) is 9.76 Å². The number of hydrogen-bond acceptors (Lipinski definition) is 1. The lowest BCUT2D eigenvalue weighted by atomic mass is 10.3. The fourth-order valence-corrected chi connectivity index (χ4v) is 2.26.